The first-order chi connectivity index (χ1) is 14.3. The molecule has 1 fully saturated rings. The van der Waals surface area contributed by atoms with E-state index in [1.54, 1.807) is 0 Å². The van der Waals surface area contributed by atoms with Crippen LogP contribution in [0.4, 0.5) is 8.78 Å². The first-order valence-corrected chi connectivity index (χ1v) is 9.26. The van der Waals surface area contributed by atoms with E-state index in [-0.39, 0.29) is 18.3 Å². The normalized spacial score (nSPS) is 20.5. The second-order valence-corrected chi connectivity index (χ2v) is 7.16. The topological polar surface area (TPSA) is 114 Å². The summed E-state index contributed by atoms with van der Waals surface area (Å²) in [4.78, 5) is 42.7. The molecule has 11 heteroatoms. The molecule has 0 aliphatic carbocycles. The number of ether oxygens (including phenoxy) is 1. The van der Waals surface area contributed by atoms with Crippen molar-refractivity contribution in [2.24, 2.45) is 0 Å². The van der Waals surface area contributed by atoms with Crippen LogP contribution in [0.5, 0.6) is 5.75 Å². The van der Waals surface area contributed by atoms with E-state index in [1.165, 1.54) is 9.47 Å². The lowest BCUT2D eigenvalue weighted by Crippen LogP contribution is -2.57. The number of nitrogens with zero attached hydrogens (tertiary/aromatic N) is 3. The predicted molar refractivity (Wildman–Crippen MR) is 97.7 cm³/mol. The van der Waals surface area contributed by atoms with Crippen molar-refractivity contribution < 1.29 is 28.2 Å². The number of halogens is 2. The van der Waals surface area contributed by atoms with Gasteiger partial charge in [-0.1, -0.05) is 0 Å². The van der Waals surface area contributed by atoms with Gasteiger partial charge in [0.2, 0.25) is 5.43 Å². The van der Waals surface area contributed by atoms with E-state index in [0.29, 0.717) is 13.0 Å². The molecule has 2 atom stereocenters. The van der Waals surface area contributed by atoms with Crippen molar-refractivity contribution >= 4 is 11.8 Å². The molecular weight excluding hydrogens is 402 g/mol. The summed E-state index contributed by atoms with van der Waals surface area (Å²) in [6.45, 7) is 1.88. The lowest BCUT2D eigenvalue weighted by molar-refractivity contribution is -0.112. The Bertz CT molecular complexity index is 1080. The summed E-state index contributed by atoms with van der Waals surface area (Å²) in [5.41, 5.74) is -2.16. The molecule has 2 aliphatic rings. The van der Waals surface area contributed by atoms with E-state index in [1.807, 2.05) is 6.92 Å². The summed E-state index contributed by atoms with van der Waals surface area (Å²) in [5, 5.41) is 12.6. The van der Waals surface area contributed by atoms with E-state index in [2.05, 4.69) is 10.3 Å². The van der Waals surface area contributed by atoms with Gasteiger partial charge in [-0.05, 0) is 13.3 Å². The van der Waals surface area contributed by atoms with E-state index in [4.69, 9.17) is 4.74 Å². The monoisotopic (exact) mass is 420 g/mol. The number of amides is 2. The number of rotatable bonds is 3. The standard InChI is InChI=1S/C19H18F2N4O5/c1-9-2-3-30-14-8-24-7-11(16(26)17(27)15(24)19(29)25(9)14)18(28)23-4-10-12(20)5-22-6-13(10)21/h5-7,9,14,27H,2-4,8H2,1H3,(H,23,28)/t9?,14-/m0/s1. The van der Waals surface area contributed by atoms with Crippen LogP contribution in [0.15, 0.2) is 23.4 Å². The summed E-state index contributed by atoms with van der Waals surface area (Å²) in [6, 6.07) is -0.132. The molecule has 4 heterocycles. The maximum absolute atomic E-state index is 13.7. The average Bonchev–Trinajstić information content (AvgIpc) is 2.70. The minimum atomic E-state index is -1.05. The summed E-state index contributed by atoms with van der Waals surface area (Å²) in [7, 11) is 0. The lowest BCUT2D eigenvalue weighted by Gasteiger charge is -2.44. The molecule has 1 unspecified atom stereocenters. The number of aromatic nitrogens is 2. The third kappa shape index (κ3) is 3.20. The Morgan fingerprint density at radius 3 is 2.73 bits per heavy atom. The van der Waals surface area contributed by atoms with Gasteiger partial charge in [0.05, 0.1) is 25.5 Å². The van der Waals surface area contributed by atoms with Crippen LogP contribution in [0.25, 0.3) is 0 Å². The number of hydrogen-bond donors (Lipinski definition) is 2. The first kappa shape index (κ1) is 20.0. The van der Waals surface area contributed by atoms with Gasteiger partial charge in [-0.2, -0.15) is 0 Å². The molecule has 1 saturated heterocycles. The molecule has 2 aromatic rings. The van der Waals surface area contributed by atoms with Crippen molar-refractivity contribution in [2.45, 2.75) is 38.7 Å². The van der Waals surface area contributed by atoms with E-state index in [0.717, 1.165) is 18.6 Å². The molecule has 2 aromatic heterocycles. The van der Waals surface area contributed by atoms with E-state index >= 15 is 0 Å². The number of fused-ring (bicyclic) bond motifs is 2. The molecule has 2 amide bonds. The zero-order valence-corrected chi connectivity index (χ0v) is 15.9. The van der Waals surface area contributed by atoms with Crippen molar-refractivity contribution in [3.05, 3.63) is 57.3 Å². The molecule has 30 heavy (non-hydrogen) atoms. The molecule has 2 aliphatic heterocycles. The van der Waals surface area contributed by atoms with Crippen LogP contribution in [-0.2, 0) is 17.8 Å². The highest BCUT2D eigenvalue weighted by Crippen LogP contribution is 2.29. The van der Waals surface area contributed by atoms with Gasteiger partial charge in [0, 0.05) is 24.3 Å². The van der Waals surface area contributed by atoms with Gasteiger partial charge in [0.25, 0.3) is 11.8 Å². The van der Waals surface area contributed by atoms with Gasteiger partial charge in [-0.25, -0.2) is 8.78 Å². The molecule has 9 nitrogen and oxygen atoms in total. The van der Waals surface area contributed by atoms with Gasteiger partial charge in [0.15, 0.2) is 17.7 Å². The van der Waals surface area contributed by atoms with Gasteiger partial charge in [-0.15, -0.1) is 0 Å². The number of aromatic hydroxyl groups is 1. The maximum atomic E-state index is 13.7. The zero-order chi connectivity index (χ0) is 21.6. The quantitative estimate of drug-likeness (QED) is 0.758. The van der Waals surface area contributed by atoms with Gasteiger partial charge >= 0.3 is 0 Å². The largest absolute Gasteiger partial charge is 0.503 e. The third-order valence-electron chi connectivity index (χ3n) is 5.30. The maximum Gasteiger partial charge on any atom is 0.276 e. The summed E-state index contributed by atoms with van der Waals surface area (Å²) in [5.74, 6) is -4.27. The average molecular weight is 420 g/mol. The van der Waals surface area contributed by atoms with E-state index in [9.17, 15) is 28.3 Å². The van der Waals surface area contributed by atoms with Crippen LogP contribution in [0.1, 0.15) is 39.8 Å². The van der Waals surface area contributed by atoms with Gasteiger partial charge in [0.1, 0.15) is 17.2 Å². The van der Waals surface area contributed by atoms with Crippen LogP contribution >= 0.6 is 0 Å². The van der Waals surface area contributed by atoms with Crippen LogP contribution in [0.3, 0.4) is 0 Å². The van der Waals surface area contributed by atoms with E-state index < -0.39 is 58.5 Å². The fourth-order valence-corrected chi connectivity index (χ4v) is 3.69. The molecule has 2 N–H and O–H groups in total. The van der Waals surface area contributed by atoms with Crippen LogP contribution in [0.2, 0.25) is 0 Å². The number of nitrogens with one attached hydrogen (secondary N) is 1. The molecule has 0 bridgehead atoms. The number of carbonyl (C=O) groups excluding carboxylic acids is 2. The molecule has 4 rings (SSSR count). The molecular formula is C19H18F2N4O5. The van der Waals surface area contributed by atoms with Crippen molar-refractivity contribution in [3.8, 4) is 5.75 Å². The third-order valence-corrected chi connectivity index (χ3v) is 5.30. The zero-order valence-electron chi connectivity index (χ0n) is 15.9. The van der Waals surface area contributed by atoms with Gasteiger partial charge in [-0.3, -0.25) is 19.4 Å². The van der Waals surface area contributed by atoms with Crippen molar-refractivity contribution in [2.75, 3.05) is 6.61 Å². The second kappa shape index (κ2) is 7.48. The summed E-state index contributed by atoms with van der Waals surface area (Å²) < 4.78 is 34.3. The molecule has 0 aromatic carbocycles. The Kier molecular flexibility index (Phi) is 4.98. The molecule has 158 valence electrons. The minimum Gasteiger partial charge on any atom is -0.503 e. The minimum absolute atomic E-state index is 0.118. The highest BCUT2D eigenvalue weighted by atomic mass is 19.1. The Balaban J connectivity index is 1.65. The summed E-state index contributed by atoms with van der Waals surface area (Å²) in [6.07, 6.45) is 2.77. The Hall–Kier alpha value is -3.34. The van der Waals surface area contributed by atoms with Crippen molar-refractivity contribution in [1.82, 2.24) is 19.8 Å². The first-order valence-electron chi connectivity index (χ1n) is 9.26. The van der Waals surface area contributed by atoms with Crippen LogP contribution in [0, 0.1) is 11.6 Å². The van der Waals surface area contributed by atoms with Gasteiger partial charge < -0.3 is 24.6 Å². The van der Waals surface area contributed by atoms with Crippen LogP contribution < -0.4 is 10.7 Å². The fourth-order valence-electron chi connectivity index (χ4n) is 3.69. The number of hydrogen-bond acceptors (Lipinski definition) is 6. The predicted octanol–water partition coefficient (Wildman–Crippen LogP) is 0.748. The smallest absolute Gasteiger partial charge is 0.276 e. The molecule has 0 radical (unpaired) electrons. The Labute approximate surface area is 168 Å². The van der Waals surface area contributed by atoms with Crippen LogP contribution in [-0.4, -0.2) is 50.2 Å². The highest BCUT2D eigenvalue weighted by Gasteiger charge is 2.41. The van der Waals surface area contributed by atoms with Crippen molar-refractivity contribution in [3.63, 3.8) is 0 Å². The molecule has 0 saturated carbocycles. The van der Waals surface area contributed by atoms with Crippen molar-refractivity contribution in [1.29, 1.82) is 0 Å². The Morgan fingerprint density at radius 2 is 2.03 bits per heavy atom. The Morgan fingerprint density at radius 1 is 1.33 bits per heavy atom. The lowest BCUT2D eigenvalue weighted by atomic mass is 10.1. The second-order valence-electron chi connectivity index (χ2n) is 7.16. The number of pyridine rings is 2. The molecule has 0 spiro atoms. The number of carbonyl (C=O) groups is 2. The summed E-state index contributed by atoms with van der Waals surface area (Å²) >= 11 is 0. The fraction of sp³-hybridized carbons (Fsp3) is 0.368. The SMILES string of the molecule is CC1CCO[C@H]2Cn3cc(C(=O)NCc4c(F)cncc4F)c(=O)c(O)c3C(=O)N12. The highest BCUT2D eigenvalue weighted by molar-refractivity contribution is 5.99.